The van der Waals surface area contributed by atoms with Crippen LogP contribution in [0, 0.1) is 5.92 Å². The summed E-state index contributed by atoms with van der Waals surface area (Å²) in [5.74, 6) is 0.902. The quantitative estimate of drug-likeness (QED) is 0.768. The van der Waals surface area contributed by atoms with Crippen LogP contribution in [-0.4, -0.2) is 42.0 Å². The summed E-state index contributed by atoms with van der Waals surface area (Å²) in [7, 11) is 2.25. The van der Waals surface area contributed by atoms with Crippen molar-refractivity contribution in [2.75, 3.05) is 20.1 Å². The summed E-state index contributed by atoms with van der Waals surface area (Å²) in [6.07, 6.45) is 1.38. The third-order valence-electron chi connectivity index (χ3n) is 4.43. The standard InChI is InChI=1S/C15H22N2/c1-12-8-14-10-16(2)11-15(14)17(12)9-13-6-4-3-5-7-13/h3-7,12,14-15H,8-11H2,1-2H3. The topological polar surface area (TPSA) is 6.48 Å². The Morgan fingerprint density at radius 2 is 1.94 bits per heavy atom. The molecule has 2 saturated heterocycles. The van der Waals surface area contributed by atoms with E-state index in [9.17, 15) is 0 Å². The molecule has 0 spiro atoms. The maximum absolute atomic E-state index is 2.71. The molecule has 92 valence electrons. The number of likely N-dealkylation sites (N-methyl/N-ethyl adjacent to an activating group) is 1. The van der Waals surface area contributed by atoms with Crippen LogP contribution in [0.5, 0.6) is 0 Å². The van der Waals surface area contributed by atoms with E-state index in [2.05, 4.69) is 54.1 Å². The first-order valence-electron chi connectivity index (χ1n) is 6.72. The van der Waals surface area contributed by atoms with Gasteiger partial charge >= 0.3 is 0 Å². The molecule has 2 aliphatic heterocycles. The van der Waals surface area contributed by atoms with Crippen molar-refractivity contribution in [2.24, 2.45) is 5.92 Å². The minimum Gasteiger partial charge on any atom is -0.304 e. The molecule has 0 N–H and O–H groups in total. The Morgan fingerprint density at radius 1 is 1.18 bits per heavy atom. The molecular weight excluding hydrogens is 208 g/mol. The normalized spacial score (nSPS) is 34.1. The Hall–Kier alpha value is -0.860. The molecule has 0 amide bonds. The molecule has 3 atom stereocenters. The molecular formula is C15H22N2. The highest BCUT2D eigenvalue weighted by molar-refractivity contribution is 5.15. The zero-order chi connectivity index (χ0) is 11.8. The smallest absolute Gasteiger partial charge is 0.0270 e. The number of nitrogens with zero attached hydrogens (tertiary/aromatic N) is 2. The fraction of sp³-hybridized carbons (Fsp3) is 0.600. The van der Waals surface area contributed by atoms with Crippen molar-refractivity contribution in [3.8, 4) is 0 Å². The van der Waals surface area contributed by atoms with Crippen molar-refractivity contribution in [3.63, 3.8) is 0 Å². The van der Waals surface area contributed by atoms with Gasteiger partial charge in [-0.25, -0.2) is 0 Å². The molecule has 0 aliphatic carbocycles. The van der Waals surface area contributed by atoms with Crippen LogP contribution < -0.4 is 0 Å². The summed E-state index contributed by atoms with van der Waals surface area (Å²) >= 11 is 0. The third-order valence-corrected chi connectivity index (χ3v) is 4.43. The van der Waals surface area contributed by atoms with Crippen LogP contribution in [0.1, 0.15) is 18.9 Å². The Bertz CT molecular complexity index is 376. The molecule has 0 bridgehead atoms. The summed E-state index contributed by atoms with van der Waals surface area (Å²) in [6, 6.07) is 12.4. The Labute approximate surface area is 104 Å². The summed E-state index contributed by atoms with van der Waals surface area (Å²) in [5.41, 5.74) is 1.45. The lowest BCUT2D eigenvalue weighted by atomic mass is 10.0. The van der Waals surface area contributed by atoms with E-state index in [1.54, 1.807) is 0 Å². The van der Waals surface area contributed by atoms with Crippen LogP contribution in [0.15, 0.2) is 30.3 Å². The highest BCUT2D eigenvalue weighted by atomic mass is 15.3. The van der Waals surface area contributed by atoms with Gasteiger partial charge in [0.25, 0.3) is 0 Å². The molecule has 0 saturated carbocycles. The second-order valence-corrected chi connectivity index (χ2v) is 5.79. The Morgan fingerprint density at radius 3 is 2.71 bits per heavy atom. The maximum Gasteiger partial charge on any atom is 0.0270 e. The van der Waals surface area contributed by atoms with Gasteiger partial charge in [0.2, 0.25) is 0 Å². The first kappa shape index (κ1) is 11.2. The second kappa shape index (κ2) is 4.43. The summed E-state index contributed by atoms with van der Waals surface area (Å²) in [4.78, 5) is 5.20. The zero-order valence-corrected chi connectivity index (χ0v) is 10.8. The van der Waals surface area contributed by atoms with Crippen molar-refractivity contribution in [2.45, 2.75) is 32.0 Å². The van der Waals surface area contributed by atoms with Crippen molar-refractivity contribution < 1.29 is 0 Å². The van der Waals surface area contributed by atoms with Crippen LogP contribution in [0.25, 0.3) is 0 Å². The van der Waals surface area contributed by atoms with Gasteiger partial charge < -0.3 is 4.90 Å². The molecule has 3 rings (SSSR count). The minimum absolute atomic E-state index is 0.749. The molecule has 17 heavy (non-hydrogen) atoms. The summed E-state index contributed by atoms with van der Waals surface area (Å²) in [6.45, 7) is 6.06. The predicted octanol–water partition coefficient (Wildman–Crippen LogP) is 2.21. The molecule has 3 unspecified atom stereocenters. The van der Waals surface area contributed by atoms with E-state index in [1.807, 2.05) is 0 Å². The molecule has 0 aromatic heterocycles. The number of hydrogen-bond acceptors (Lipinski definition) is 2. The van der Waals surface area contributed by atoms with E-state index in [4.69, 9.17) is 0 Å². The first-order chi connectivity index (χ1) is 8.24. The van der Waals surface area contributed by atoms with Crippen LogP contribution in [0.3, 0.4) is 0 Å². The largest absolute Gasteiger partial charge is 0.304 e. The molecule has 2 heterocycles. The van der Waals surface area contributed by atoms with Gasteiger partial charge in [-0.05, 0) is 31.9 Å². The first-order valence-corrected chi connectivity index (χ1v) is 6.72. The fourth-order valence-electron chi connectivity index (χ4n) is 3.64. The number of fused-ring (bicyclic) bond motifs is 1. The van der Waals surface area contributed by atoms with Crippen molar-refractivity contribution in [3.05, 3.63) is 35.9 Å². The lowest BCUT2D eigenvalue weighted by Crippen LogP contribution is -2.37. The lowest BCUT2D eigenvalue weighted by molar-refractivity contribution is 0.181. The van der Waals surface area contributed by atoms with Gasteiger partial charge in [-0.2, -0.15) is 0 Å². The van der Waals surface area contributed by atoms with Gasteiger partial charge in [0.1, 0.15) is 0 Å². The lowest BCUT2D eigenvalue weighted by Gasteiger charge is -2.28. The Kier molecular flexibility index (Phi) is 2.93. The highest BCUT2D eigenvalue weighted by Gasteiger charge is 2.43. The molecule has 1 aromatic carbocycles. The number of hydrogen-bond donors (Lipinski definition) is 0. The van der Waals surface area contributed by atoms with E-state index in [-0.39, 0.29) is 0 Å². The van der Waals surface area contributed by atoms with E-state index < -0.39 is 0 Å². The van der Waals surface area contributed by atoms with Crippen molar-refractivity contribution in [1.29, 1.82) is 0 Å². The van der Waals surface area contributed by atoms with Crippen molar-refractivity contribution in [1.82, 2.24) is 9.80 Å². The molecule has 0 radical (unpaired) electrons. The maximum atomic E-state index is 2.71. The van der Waals surface area contributed by atoms with Gasteiger partial charge in [-0.15, -0.1) is 0 Å². The summed E-state index contributed by atoms with van der Waals surface area (Å²) < 4.78 is 0. The zero-order valence-electron chi connectivity index (χ0n) is 10.8. The van der Waals surface area contributed by atoms with Gasteiger partial charge in [-0.3, -0.25) is 4.90 Å². The van der Waals surface area contributed by atoms with E-state index in [0.29, 0.717) is 0 Å². The van der Waals surface area contributed by atoms with Gasteiger partial charge in [-0.1, -0.05) is 30.3 Å². The van der Waals surface area contributed by atoms with E-state index >= 15 is 0 Å². The van der Waals surface area contributed by atoms with Gasteiger partial charge in [0.05, 0.1) is 0 Å². The second-order valence-electron chi connectivity index (χ2n) is 5.79. The summed E-state index contributed by atoms with van der Waals surface area (Å²) in [5, 5.41) is 0. The van der Waals surface area contributed by atoms with E-state index in [0.717, 1.165) is 24.5 Å². The van der Waals surface area contributed by atoms with Crippen LogP contribution in [0.2, 0.25) is 0 Å². The average Bonchev–Trinajstić information content (AvgIpc) is 2.79. The minimum atomic E-state index is 0.749. The number of rotatable bonds is 2. The monoisotopic (exact) mass is 230 g/mol. The third kappa shape index (κ3) is 2.12. The SMILES string of the molecule is CC1CC2CN(C)CC2N1Cc1ccccc1. The fourth-order valence-corrected chi connectivity index (χ4v) is 3.64. The highest BCUT2D eigenvalue weighted by Crippen LogP contribution is 2.35. The molecule has 2 nitrogen and oxygen atoms in total. The number of likely N-dealkylation sites (tertiary alicyclic amines) is 2. The molecule has 2 aliphatic rings. The van der Waals surface area contributed by atoms with Crippen molar-refractivity contribution >= 4 is 0 Å². The predicted molar refractivity (Wildman–Crippen MR) is 70.8 cm³/mol. The van der Waals surface area contributed by atoms with Crippen LogP contribution >= 0.6 is 0 Å². The van der Waals surface area contributed by atoms with Crippen LogP contribution in [-0.2, 0) is 6.54 Å². The average molecular weight is 230 g/mol. The van der Waals surface area contributed by atoms with E-state index in [1.165, 1.54) is 25.1 Å². The van der Waals surface area contributed by atoms with Gasteiger partial charge in [0, 0.05) is 31.7 Å². The number of benzene rings is 1. The van der Waals surface area contributed by atoms with Crippen LogP contribution in [0.4, 0.5) is 0 Å². The Balaban J connectivity index is 1.74. The molecule has 2 fully saturated rings. The van der Waals surface area contributed by atoms with Gasteiger partial charge in [0.15, 0.2) is 0 Å². The molecule has 1 aromatic rings. The molecule has 2 heteroatoms.